The first kappa shape index (κ1) is 23.6. The second-order valence-corrected chi connectivity index (χ2v) is 7.42. The molecule has 1 heterocycles. The predicted molar refractivity (Wildman–Crippen MR) is 123 cm³/mol. The predicted octanol–water partition coefficient (Wildman–Crippen LogP) is 3.86. The van der Waals surface area contributed by atoms with E-state index in [1.807, 2.05) is 56.3 Å². The number of benzene rings is 1. The van der Waals surface area contributed by atoms with Crippen molar-refractivity contribution in [1.82, 2.24) is 10.3 Å². The van der Waals surface area contributed by atoms with E-state index in [1.54, 1.807) is 12.4 Å². The number of carboxylic acids is 1. The molecule has 0 aliphatic heterocycles. The van der Waals surface area contributed by atoms with E-state index >= 15 is 0 Å². The van der Waals surface area contributed by atoms with Gasteiger partial charge in [-0.05, 0) is 48.1 Å². The molecule has 164 valence electrons. The molecule has 0 atom stereocenters. The van der Waals surface area contributed by atoms with Crippen LogP contribution in [0, 0.1) is 5.92 Å². The number of hydrogen-bond donors (Lipinski definition) is 4. The van der Waals surface area contributed by atoms with Crippen LogP contribution < -0.4 is 16.4 Å². The summed E-state index contributed by atoms with van der Waals surface area (Å²) in [6.45, 7) is 4.72. The summed E-state index contributed by atoms with van der Waals surface area (Å²) in [6.07, 6.45) is 6.79. The van der Waals surface area contributed by atoms with Crippen molar-refractivity contribution in [3.63, 3.8) is 0 Å². The standard InChI is InChI=1S/C23H29N5O3/c1-16(2)14-26-23(28-22(24)31)27-19-9-5-7-17(13-19)20(10-3-4-11-21(29)30)18-8-6-12-25-15-18/h5-10,12-13,15-16H,3-4,11,14H2,1-2H3,(H,29,30)(H4,24,26,27,28,31)/b20-10+. The number of pyridine rings is 1. The van der Waals surface area contributed by atoms with E-state index in [-0.39, 0.29) is 12.4 Å². The molecule has 8 heteroatoms. The maximum atomic E-state index is 11.3. The van der Waals surface area contributed by atoms with E-state index in [1.165, 1.54) is 0 Å². The maximum Gasteiger partial charge on any atom is 0.341 e. The van der Waals surface area contributed by atoms with Gasteiger partial charge in [0, 0.05) is 36.6 Å². The number of aliphatic imine (C=N–C) groups is 1. The molecule has 0 bridgehead atoms. The molecule has 0 saturated heterocycles. The number of guanidine groups is 1. The molecule has 5 N–H and O–H groups in total. The number of primary amides is 1. The second kappa shape index (κ2) is 12.1. The van der Waals surface area contributed by atoms with Crippen LogP contribution in [-0.4, -0.2) is 34.6 Å². The van der Waals surface area contributed by atoms with Crippen LogP contribution >= 0.6 is 0 Å². The number of aromatic nitrogens is 1. The highest BCUT2D eigenvalue weighted by Gasteiger charge is 2.09. The molecule has 0 saturated carbocycles. The Labute approximate surface area is 182 Å². The smallest absolute Gasteiger partial charge is 0.341 e. The number of unbranched alkanes of at least 4 members (excludes halogenated alkanes) is 1. The van der Waals surface area contributed by atoms with Crippen LogP contribution in [0.5, 0.6) is 0 Å². The number of amides is 2. The van der Waals surface area contributed by atoms with Crippen molar-refractivity contribution in [2.45, 2.75) is 33.1 Å². The summed E-state index contributed by atoms with van der Waals surface area (Å²) in [5.41, 5.74) is 8.77. The highest BCUT2D eigenvalue weighted by atomic mass is 16.4. The molecule has 8 nitrogen and oxygen atoms in total. The third kappa shape index (κ3) is 8.69. The fourth-order valence-electron chi connectivity index (χ4n) is 2.85. The van der Waals surface area contributed by atoms with Crippen LogP contribution in [0.2, 0.25) is 0 Å². The fourth-order valence-corrected chi connectivity index (χ4v) is 2.85. The van der Waals surface area contributed by atoms with E-state index < -0.39 is 12.0 Å². The molecule has 2 aromatic rings. The minimum absolute atomic E-state index is 0.118. The number of nitrogens with two attached hydrogens (primary N) is 1. The summed E-state index contributed by atoms with van der Waals surface area (Å²) >= 11 is 0. The summed E-state index contributed by atoms with van der Waals surface area (Å²) < 4.78 is 0. The number of nitrogens with one attached hydrogen (secondary N) is 2. The van der Waals surface area contributed by atoms with E-state index in [9.17, 15) is 9.59 Å². The van der Waals surface area contributed by atoms with Gasteiger partial charge in [-0.15, -0.1) is 0 Å². The Hall–Kier alpha value is -3.68. The summed E-state index contributed by atoms with van der Waals surface area (Å²) in [4.78, 5) is 30.1. The molecule has 0 aliphatic rings. The lowest BCUT2D eigenvalue weighted by molar-refractivity contribution is -0.137. The van der Waals surface area contributed by atoms with Crippen molar-refractivity contribution in [3.05, 3.63) is 66.0 Å². The highest BCUT2D eigenvalue weighted by molar-refractivity contribution is 6.00. The van der Waals surface area contributed by atoms with Gasteiger partial charge in [-0.1, -0.05) is 38.1 Å². The van der Waals surface area contributed by atoms with Crippen molar-refractivity contribution in [2.75, 3.05) is 11.9 Å². The zero-order valence-corrected chi connectivity index (χ0v) is 17.8. The average Bonchev–Trinajstić information content (AvgIpc) is 2.72. The number of hydrogen-bond acceptors (Lipinski definition) is 3. The SMILES string of the molecule is CC(C)CN/C(=N/C(N)=O)Nc1cccc(/C(=C\CCCC(=O)O)c2cccnc2)c1. The van der Waals surface area contributed by atoms with Crippen LogP contribution in [0.1, 0.15) is 44.2 Å². The molecular weight excluding hydrogens is 394 g/mol. The maximum absolute atomic E-state index is 11.3. The van der Waals surface area contributed by atoms with E-state index in [2.05, 4.69) is 20.6 Å². The summed E-state index contributed by atoms with van der Waals surface area (Å²) in [7, 11) is 0. The molecule has 31 heavy (non-hydrogen) atoms. The molecular formula is C23H29N5O3. The van der Waals surface area contributed by atoms with Gasteiger partial charge < -0.3 is 21.5 Å². The zero-order valence-electron chi connectivity index (χ0n) is 17.8. The van der Waals surface area contributed by atoms with Gasteiger partial charge in [0.15, 0.2) is 0 Å². The first-order valence-corrected chi connectivity index (χ1v) is 10.2. The molecule has 0 unspecified atom stereocenters. The molecule has 2 rings (SSSR count). The van der Waals surface area contributed by atoms with Gasteiger partial charge in [0.25, 0.3) is 0 Å². The van der Waals surface area contributed by atoms with Gasteiger partial charge >= 0.3 is 12.0 Å². The number of allylic oxidation sites excluding steroid dienone is 1. The van der Waals surface area contributed by atoms with Gasteiger partial charge in [-0.3, -0.25) is 9.78 Å². The summed E-state index contributed by atoms with van der Waals surface area (Å²) in [5.74, 6) is -0.165. The topological polar surface area (TPSA) is 130 Å². The number of carboxylic acid groups (broad SMARTS) is 1. The summed E-state index contributed by atoms with van der Waals surface area (Å²) in [5, 5.41) is 15.1. The minimum atomic E-state index is -0.808. The highest BCUT2D eigenvalue weighted by Crippen LogP contribution is 2.26. The Morgan fingerprint density at radius 2 is 2.00 bits per heavy atom. The molecule has 1 aromatic heterocycles. The van der Waals surface area contributed by atoms with Gasteiger partial charge in [0.1, 0.15) is 0 Å². The lowest BCUT2D eigenvalue weighted by Gasteiger charge is -2.15. The normalized spacial score (nSPS) is 12.0. The van der Waals surface area contributed by atoms with Gasteiger partial charge in [-0.2, -0.15) is 4.99 Å². The molecule has 0 radical (unpaired) electrons. The van der Waals surface area contributed by atoms with Crippen molar-refractivity contribution in [2.24, 2.45) is 16.6 Å². The van der Waals surface area contributed by atoms with Crippen molar-refractivity contribution < 1.29 is 14.7 Å². The number of rotatable bonds is 9. The number of nitrogens with zero attached hydrogens (tertiary/aromatic N) is 2. The molecule has 0 aliphatic carbocycles. The molecule has 1 aromatic carbocycles. The number of anilines is 1. The summed E-state index contributed by atoms with van der Waals surface area (Å²) in [6, 6.07) is 10.7. The molecule has 2 amide bonds. The van der Waals surface area contributed by atoms with E-state index in [0.717, 1.165) is 22.4 Å². The van der Waals surface area contributed by atoms with Crippen LogP contribution in [0.15, 0.2) is 59.9 Å². The quantitative estimate of drug-likeness (QED) is 0.275. The Morgan fingerprint density at radius 1 is 1.23 bits per heavy atom. The first-order chi connectivity index (χ1) is 14.8. The lowest BCUT2D eigenvalue weighted by Crippen LogP contribution is -2.35. The molecule has 0 spiro atoms. The molecule has 0 fully saturated rings. The first-order valence-electron chi connectivity index (χ1n) is 10.2. The van der Waals surface area contributed by atoms with Crippen LogP contribution in [0.3, 0.4) is 0 Å². The number of aliphatic carboxylic acids is 1. The minimum Gasteiger partial charge on any atom is -0.481 e. The third-order valence-corrected chi connectivity index (χ3v) is 4.25. The zero-order chi connectivity index (χ0) is 22.6. The Kier molecular flexibility index (Phi) is 9.22. The monoisotopic (exact) mass is 423 g/mol. The number of carbonyl (C=O) groups excluding carboxylic acids is 1. The fraction of sp³-hybridized carbons (Fsp3) is 0.304. The number of urea groups is 1. The van der Waals surface area contributed by atoms with Crippen LogP contribution in [-0.2, 0) is 4.79 Å². The van der Waals surface area contributed by atoms with Crippen molar-refractivity contribution in [3.8, 4) is 0 Å². The Morgan fingerprint density at radius 3 is 2.65 bits per heavy atom. The third-order valence-electron chi connectivity index (χ3n) is 4.25. The van der Waals surface area contributed by atoms with E-state index in [4.69, 9.17) is 10.8 Å². The average molecular weight is 424 g/mol. The second-order valence-electron chi connectivity index (χ2n) is 7.42. The Balaban J connectivity index is 2.29. The van der Waals surface area contributed by atoms with Gasteiger partial charge in [0.2, 0.25) is 5.96 Å². The van der Waals surface area contributed by atoms with Crippen molar-refractivity contribution in [1.29, 1.82) is 0 Å². The van der Waals surface area contributed by atoms with Gasteiger partial charge in [-0.25, -0.2) is 4.79 Å². The van der Waals surface area contributed by atoms with Crippen LogP contribution in [0.25, 0.3) is 5.57 Å². The van der Waals surface area contributed by atoms with Gasteiger partial charge in [0.05, 0.1) is 0 Å². The largest absolute Gasteiger partial charge is 0.481 e. The lowest BCUT2D eigenvalue weighted by atomic mass is 9.97. The van der Waals surface area contributed by atoms with Crippen LogP contribution in [0.4, 0.5) is 10.5 Å². The Bertz CT molecular complexity index is 939. The van der Waals surface area contributed by atoms with E-state index in [0.29, 0.717) is 25.3 Å². The number of carbonyl (C=O) groups is 2. The van der Waals surface area contributed by atoms with Crippen molar-refractivity contribution >= 4 is 29.2 Å².